The summed E-state index contributed by atoms with van der Waals surface area (Å²) >= 11 is 1.67. The van der Waals surface area contributed by atoms with Gasteiger partial charge in [-0.1, -0.05) is 18.2 Å². The van der Waals surface area contributed by atoms with Crippen LogP contribution < -0.4 is 0 Å². The number of hydrogen-bond donors (Lipinski definition) is 0. The molecule has 0 unspecified atom stereocenters. The highest BCUT2D eigenvalue weighted by atomic mass is 32.1. The topological polar surface area (TPSA) is 17.1 Å². The average molecular weight is 175 g/mol. The Morgan fingerprint density at radius 2 is 2.17 bits per heavy atom. The van der Waals surface area contributed by atoms with Gasteiger partial charge in [-0.2, -0.15) is 0 Å². The van der Waals surface area contributed by atoms with Crippen LogP contribution in [-0.2, 0) is 11.2 Å². The van der Waals surface area contributed by atoms with Gasteiger partial charge in [0, 0.05) is 11.1 Å². The van der Waals surface area contributed by atoms with Crippen LogP contribution in [0, 0.1) is 0 Å². The highest BCUT2D eigenvalue weighted by molar-refractivity contribution is 7.17. The van der Waals surface area contributed by atoms with Crippen molar-refractivity contribution >= 4 is 27.7 Å². The molecule has 0 N–H and O–H groups in total. The lowest BCUT2D eigenvalue weighted by atomic mass is 10.1. The van der Waals surface area contributed by atoms with E-state index in [1.165, 1.54) is 10.1 Å². The van der Waals surface area contributed by atoms with Crippen LogP contribution in [0.3, 0.4) is 0 Å². The molecule has 2 rings (SSSR count). The van der Waals surface area contributed by atoms with Gasteiger partial charge in [0.15, 0.2) is 0 Å². The van der Waals surface area contributed by atoms with E-state index in [-0.39, 0.29) is 0 Å². The molecule has 0 fully saturated rings. The second-order valence-corrected chi connectivity index (χ2v) is 3.49. The number of hydrogen-bond acceptors (Lipinski definition) is 2. The van der Waals surface area contributed by atoms with Crippen LogP contribution in [-0.4, -0.2) is 6.29 Å². The molecule has 1 radical (unpaired) electrons. The van der Waals surface area contributed by atoms with Gasteiger partial charge in [-0.25, -0.2) is 0 Å². The number of carbonyl (C=O) groups excluding carboxylic acids is 1. The van der Waals surface area contributed by atoms with E-state index >= 15 is 0 Å². The van der Waals surface area contributed by atoms with E-state index in [2.05, 4.69) is 6.07 Å². The lowest BCUT2D eigenvalue weighted by Gasteiger charge is -1.90. The van der Waals surface area contributed by atoms with Crippen LogP contribution >= 0.6 is 11.3 Å². The normalized spacial score (nSPS) is 10.3. The SMILES string of the molecule is O=[C]Cc1csc2ccccc12. The Labute approximate surface area is 74.6 Å². The van der Waals surface area contributed by atoms with Crippen LogP contribution in [0.2, 0.25) is 0 Å². The summed E-state index contributed by atoms with van der Waals surface area (Å²) in [6, 6.07) is 8.10. The van der Waals surface area contributed by atoms with Crippen molar-refractivity contribution in [3.63, 3.8) is 0 Å². The standard InChI is InChI=1S/C10H7OS/c11-6-5-8-7-12-10-4-2-1-3-9(8)10/h1-4,7H,5H2. The summed E-state index contributed by atoms with van der Waals surface area (Å²) in [5.41, 5.74) is 1.09. The predicted molar refractivity (Wildman–Crippen MR) is 51.2 cm³/mol. The molecule has 59 valence electrons. The third kappa shape index (κ3) is 1.14. The Hall–Kier alpha value is -1.15. The van der Waals surface area contributed by atoms with E-state index in [4.69, 9.17) is 0 Å². The summed E-state index contributed by atoms with van der Waals surface area (Å²) in [5, 5.41) is 3.21. The summed E-state index contributed by atoms with van der Waals surface area (Å²) in [7, 11) is 0. The monoisotopic (exact) mass is 175 g/mol. The van der Waals surface area contributed by atoms with Crippen molar-refractivity contribution in [3.05, 3.63) is 35.2 Å². The van der Waals surface area contributed by atoms with Crippen LogP contribution in [0.4, 0.5) is 0 Å². The van der Waals surface area contributed by atoms with Gasteiger partial charge in [0.05, 0.1) is 0 Å². The number of rotatable bonds is 2. The molecule has 0 saturated carbocycles. The fourth-order valence-corrected chi connectivity index (χ4v) is 2.21. The smallest absolute Gasteiger partial charge is 0.203 e. The third-order valence-electron chi connectivity index (χ3n) is 1.82. The molecule has 2 aromatic rings. The zero-order valence-electron chi connectivity index (χ0n) is 6.41. The van der Waals surface area contributed by atoms with Crippen molar-refractivity contribution < 1.29 is 4.79 Å². The molecule has 2 heteroatoms. The molecule has 1 heterocycles. The van der Waals surface area contributed by atoms with Gasteiger partial charge < -0.3 is 0 Å². The summed E-state index contributed by atoms with van der Waals surface area (Å²) in [6.45, 7) is 0. The van der Waals surface area contributed by atoms with E-state index in [9.17, 15) is 4.79 Å². The molecule has 0 aliphatic carbocycles. The van der Waals surface area contributed by atoms with E-state index in [1.54, 1.807) is 11.3 Å². The first kappa shape index (κ1) is 7.50. The van der Waals surface area contributed by atoms with Gasteiger partial charge in [0.2, 0.25) is 6.29 Å². The molecule has 1 nitrogen and oxygen atoms in total. The van der Waals surface area contributed by atoms with Crippen molar-refractivity contribution in [2.45, 2.75) is 6.42 Å². The van der Waals surface area contributed by atoms with Crippen molar-refractivity contribution in [3.8, 4) is 0 Å². The highest BCUT2D eigenvalue weighted by Gasteiger charge is 2.01. The van der Waals surface area contributed by atoms with Gasteiger partial charge in [0.1, 0.15) is 0 Å². The Morgan fingerprint density at radius 3 is 3.00 bits per heavy atom. The molecule has 12 heavy (non-hydrogen) atoms. The first-order valence-electron chi connectivity index (χ1n) is 3.72. The Balaban J connectivity index is 2.62. The van der Waals surface area contributed by atoms with E-state index < -0.39 is 0 Å². The number of thiophene rings is 1. The first-order valence-corrected chi connectivity index (χ1v) is 4.60. The number of fused-ring (bicyclic) bond motifs is 1. The predicted octanol–water partition coefficient (Wildman–Crippen LogP) is 2.55. The molecule has 1 aromatic heterocycles. The molecule has 0 spiro atoms. The lowest BCUT2D eigenvalue weighted by Crippen LogP contribution is -1.81. The maximum absolute atomic E-state index is 10.2. The quantitative estimate of drug-likeness (QED) is 0.685. The Morgan fingerprint density at radius 1 is 1.33 bits per heavy atom. The summed E-state index contributed by atoms with van der Waals surface area (Å²) < 4.78 is 1.24. The highest BCUT2D eigenvalue weighted by Crippen LogP contribution is 2.25. The van der Waals surface area contributed by atoms with Crippen molar-refractivity contribution in [1.82, 2.24) is 0 Å². The van der Waals surface area contributed by atoms with E-state index in [0.717, 1.165) is 5.56 Å². The molecule has 0 aliphatic rings. The largest absolute Gasteiger partial charge is 0.291 e. The van der Waals surface area contributed by atoms with E-state index in [0.29, 0.717) is 6.42 Å². The molecule has 0 aliphatic heterocycles. The molecular weight excluding hydrogens is 168 g/mol. The second kappa shape index (κ2) is 3.07. The second-order valence-electron chi connectivity index (χ2n) is 2.58. The third-order valence-corrected chi connectivity index (χ3v) is 2.84. The maximum atomic E-state index is 10.2. The van der Waals surface area contributed by atoms with Crippen LogP contribution in [0.15, 0.2) is 29.6 Å². The van der Waals surface area contributed by atoms with Crippen molar-refractivity contribution in [2.75, 3.05) is 0 Å². The van der Waals surface area contributed by atoms with E-state index in [1.807, 2.05) is 29.9 Å². The maximum Gasteiger partial charge on any atom is 0.203 e. The van der Waals surface area contributed by atoms with Gasteiger partial charge in [0.25, 0.3) is 0 Å². The summed E-state index contributed by atoms with van der Waals surface area (Å²) in [4.78, 5) is 10.2. The average Bonchev–Trinajstić information content (AvgIpc) is 2.50. The zero-order chi connectivity index (χ0) is 8.39. The van der Waals surface area contributed by atoms with Crippen molar-refractivity contribution in [2.24, 2.45) is 0 Å². The molecule has 1 aromatic carbocycles. The molecule has 0 bridgehead atoms. The number of benzene rings is 1. The molecule has 0 atom stereocenters. The Kier molecular flexibility index (Phi) is 1.92. The van der Waals surface area contributed by atoms with Gasteiger partial charge in [-0.05, 0) is 22.4 Å². The minimum atomic E-state index is 0.407. The molecule has 0 saturated heterocycles. The lowest BCUT2D eigenvalue weighted by molar-refractivity contribution is 0.555. The van der Waals surface area contributed by atoms with Crippen LogP contribution in [0.1, 0.15) is 5.56 Å². The molecular formula is C10H7OS. The molecule has 0 amide bonds. The zero-order valence-corrected chi connectivity index (χ0v) is 7.23. The summed E-state index contributed by atoms with van der Waals surface area (Å²) in [6.07, 6.45) is 2.33. The van der Waals surface area contributed by atoms with Crippen molar-refractivity contribution in [1.29, 1.82) is 0 Å². The van der Waals surface area contributed by atoms with Gasteiger partial charge >= 0.3 is 0 Å². The fraction of sp³-hybridized carbons (Fsp3) is 0.100. The minimum absolute atomic E-state index is 0.407. The Bertz CT molecular complexity index is 403. The van der Waals surface area contributed by atoms with Gasteiger partial charge in [-0.15, -0.1) is 11.3 Å². The van der Waals surface area contributed by atoms with Crippen LogP contribution in [0.25, 0.3) is 10.1 Å². The van der Waals surface area contributed by atoms with Crippen LogP contribution in [0.5, 0.6) is 0 Å². The fourth-order valence-electron chi connectivity index (χ4n) is 1.25. The summed E-state index contributed by atoms with van der Waals surface area (Å²) in [5.74, 6) is 0. The minimum Gasteiger partial charge on any atom is -0.291 e. The van der Waals surface area contributed by atoms with Gasteiger partial charge in [-0.3, -0.25) is 4.79 Å². The first-order chi connectivity index (χ1) is 5.92.